The fraction of sp³-hybridized carbons (Fsp3) is 0.600. The smallest absolute Gasteiger partial charge is 0.127 e. The second-order valence-corrected chi connectivity index (χ2v) is 5.20. The van der Waals surface area contributed by atoms with Crippen molar-refractivity contribution in [2.75, 3.05) is 40.9 Å². The monoisotopic (exact) mass is 264 g/mol. The Morgan fingerprint density at radius 2 is 2.26 bits per heavy atom. The second-order valence-electron chi connectivity index (χ2n) is 5.20. The lowest BCUT2D eigenvalue weighted by molar-refractivity contribution is 0.249. The van der Waals surface area contributed by atoms with E-state index in [2.05, 4.69) is 30.4 Å². The van der Waals surface area contributed by atoms with E-state index < -0.39 is 0 Å². The van der Waals surface area contributed by atoms with Crippen LogP contribution < -0.4 is 14.8 Å². The maximum atomic E-state index is 5.71. The summed E-state index contributed by atoms with van der Waals surface area (Å²) < 4.78 is 10.9. The third-order valence-electron chi connectivity index (χ3n) is 3.43. The first-order valence-electron chi connectivity index (χ1n) is 6.89. The number of rotatable bonds is 6. The SMILES string of the molecule is COc1ccc2c(c1)OCCC2NCCCN(C)C. The van der Waals surface area contributed by atoms with E-state index in [1.54, 1.807) is 7.11 Å². The summed E-state index contributed by atoms with van der Waals surface area (Å²) in [6, 6.07) is 6.49. The predicted molar refractivity (Wildman–Crippen MR) is 77.0 cm³/mol. The summed E-state index contributed by atoms with van der Waals surface area (Å²) in [5.74, 6) is 1.81. The van der Waals surface area contributed by atoms with Crippen molar-refractivity contribution in [2.45, 2.75) is 18.9 Å². The number of hydrogen-bond acceptors (Lipinski definition) is 4. The average molecular weight is 264 g/mol. The number of nitrogens with one attached hydrogen (secondary N) is 1. The van der Waals surface area contributed by atoms with Crippen LogP contribution in [0.25, 0.3) is 0 Å². The van der Waals surface area contributed by atoms with E-state index >= 15 is 0 Å². The molecule has 0 spiro atoms. The molecule has 1 heterocycles. The molecule has 1 aliphatic rings. The molecule has 1 atom stereocenters. The molecule has 1 aromatic carbocycles. The topological polar surface area (TPSA) is 33.7 Å². The van der Waals surface area contributed by atoms with Gasteiger partial charge in [0, 0.05) is 24.1 Å². The Labute approximate surface area is 115 Å². The fourth-order valence-corrected chi connectivity index (χ4v) is 2.38. The molecular weight excluding hydrogens is 240 g/mol. The number of nitrogens with zero attached hydrogens (tertiary/aromatic N) is 1. The summed E-state index contributed by atoms with van der Waals surface area (Å²) >= 11 is 0. The number of fused-ring (bicyclic) bond motifs is 1. The fourth-order valence-electron chi connectivity index (χ4n) is 2.38. The minimum absolute atomic E-state index is 0.400. The van der Waals surface area contributed by atoms with Crippen LogP contribution in [0.2, 0.25) is 0 Å². The zero-order valence-electron chi connectivity index (χ0n) is 12.1. The molecule has 0 aromatic heterocycles. The van der Waals surface area contributed by atoms with Crippen molar-refractivity contribution in [1.29, 1.82) is 0 Å². The Balaban J connectivity index is 1.94. The quantitative estimate of drug-likeness (QED) is 0.797. The Morgan fingerprint density at radius 1 is 1.42 bits per heavy atom. The normalized spacial score (nSPS) is 18.0. The van der Waals surface area contributed by atoms with Gasteiger partial charge < -0.3 is 19.7 Å². The van der Waals surface area contributed by atoms with Crippen LogP contribution in [0, 0.1) is 0 Å². The van der Waals surface area contributed by atoms with Crippen molar-refractivity contribution < 1.29 is 9.47 Å². The highest BCUT2D eigenvalue weighted by Gasteiger charge is 2.21. The number of ether oxygens (including phenoxy) is 2. The molecule has 106 valence electrons. The van der Waals surface area contributed by atoms with Crippen molar-refractivity contribution in [2.24, 2.45) is 0 Å². The molecule has 0 radical (unpaired) electrons. The van der Waals surface area contributed by atoms with Gasteiger partial charge in [-0.2, -0.15) is 0 Å². The molecule has 1 aliphatic heterocycles. The number of benzene rings is 1. The first-order chi connectivity index (χ1) is 9.20. The zero-order valence-corrected chi connectivity index (χ0v) is 12.1. The maximum Gasteiger partial charge on any atom is 0.127 e. The highest BCUT2D eigenvalue weighted by molar-refractivity contribution is 5.43. The summed E-state index contributed by atoms with van der Waals surface area (Å²) in [4.78, 5) is 2.21. The molecule has 0 amide bonds. The Morgan fingerprint density at radius 3 is 3.00 bits per heavy atom. The Kier molecular flexibility index (Phi) is 5.05. The van der Waals surface area contributed by atoms with Gasteiger partial charge in [-0.15, -0.1) is 0 Å². The summed E-state index contributed by atoms with van der Waals surface area (Å²) in [5.41, 5.74) is 1.25. The highest BCUT2D eigenvalue weighted by atomic mass is 16.5. The minimum atomic E-state index is 0.400. The lowest BCUT2D eigenvalue weighted by atomic mass is 10.0. The summed E-state index contributed by atoms with van der Waals surface area (Å²) in [7, 11) is 5.90. The summed E-state index contributed by atoms with van der Waals surface area (Å²) in [6.45, 7) is 2.92. The molecule has 0 saturated carbocycles. The van der Waals surface area contributed by atoms with Crippen LogP contribution in [-0.2, 0) is 0 Å². The van der Waals surface area contributed by atoms with Crippen LogP contribution in [-0.4, -0.2) is 45.8 Å². The lowest BCUT2D eigenvalue weighted by Crippen LogP contribution is -2.29. The van der Waals surface area contributed by atoms with Crippen molar-refractivity contribution in [3.63, 3.8) is 0 Å². The van der Waals surface area contributed by atoms with Gasteiger partial charge in [-0.25, -0.2) is 0 Å². The molecule has 0 saturated heterocycles. The standard InChI is InChI=1S/C15H24N2O2/c1-17(2)9-4-8-16-14-7-10-19-15-11-12(18-3)5-6-13(14)15/h5-6,11,14,16H,4,7-10H2,1-3H3. The molecule has 4 heteroatoms. The van der Waals surface area contributed by atoms with E-state index in [-0.39, 0.29) is 0 Å². The van der Waals surface area contributed by atoms with Gasteiger partial charge in [-0.1, -0.05) is 6.07 Å². The molecule has 19 heavy (non-hydrogen) atoms. The Bertz CT molecular complexity index is 407. The number of methoxy groups -OCH3 is 1. The van der Waals surface area contributed by atoms with Gasteiger partial charge in [0.2, 0.25) is 0 Å². The van der Waals surface area contributed by atoms with Crippen molar-refractivity contribution in [1.82, 2.24) is 10.2 Å². The maximum absolute atomic E-state index is 5.71. The van der Waals surface area contributed by atoms with E-state index in [1.165, 1.54) is 5.56 Å². The number of hydrogen-bond donors (Lipinski definition) is 1. The first kappa shape index (κ1) is 14.2. The molecule has 1 unspecified atom stereocenters. The van der Waals surface area contributed by atoms with Crippen molar-refractivity contribution in [3.8, 4) is 11.5 Å². The molecule has 0 bridgehead atoms. The molecular formula is C15H24N2O2. The summed E-state index contributed by atoms with van der Waals surface area (Å²) in [5, 5.41) is 3.62. The zero-order chi connectivity index (χ0) is 13.7. The van der Waals surface area contributed by atoms with Crippen molar-refractivity contribution in [3.05, 3.63) is 23.8 Å². The lowest BCUT2D eigenvalue weighted by Gasteiger charge is -2.27. The van der Waals surface area contributed by atoms with Crippen molar-refractivity contribution >= 4 is 0 Å². The van der Waals surface area contributed by atoms with Crippen LogP contribution >= 0.6 is 0 Å². The van der Waals surface area contributed by atoms with E-state index in [0.29, 0.717) is 6.04 Å². The van der Waals surface area contributed by atoms with E-state index in [4.69, 9.17) is 9.47 Å². The molecule has 1 aromatic rings. The Hall–Kier alpha value is -1.26. The van der Waals surface area contributed by atoms with E-state index in [1.807, 2.05) is 12.1 Å². The third kappa shape index (κ3) is 3.85. The predicted octanol–water partition coefficient (Wildman–Crippen LogP) is 2.06. The van der Waals surface area contributed by atoms with Gasteiger partial charge in [0.15, 0.2) is 0 Å². The first-order valence-corrected chi connectivity index (χ1v) is 6.89. The van der Waals surface area contributed by atoms with Crippen LogP contribution in [0.5, 0.6) is 11.5 Å². The molecule has 2 rings (SSSR count). The third-order valence-corrected chi connectivity index (χ3v) is 3.43. The van der Waals surface area contributed by atoms with Crippen LogP contribution in [0.15, 0.2) is 18.2 Å². The molecule has 0 aliphatic carbocycles. The highest BCUT2D eigenvalue weighted by Crippen LogP contribution is 2.34. The van der Waals surface area contributed by atoms with E-state index in [9.17, 15) is 0 Å². The molecule has 0 fully saturated rings. The van der Waals surface area contributed by atoms with Gasteiger partial charge in [0.1, 0.15) is 11.5 Å². The second kappa shape index (κ2) is 6.78. The van der Waals surface area contributed by atoms with Gasteiger partial charge in [-0.3, -0.25) is 0 Å². The van der Waals surface area contributed by atoms with Gasteiger partial charge in [0.05, 0.1) is 13.7 Å². The minimum Gasteiger partial charge on any atom is -0.497 e. The molecule has 4 nitrogen and oxygen atoms in total. The van der Waals surface area contributed by atoms with Crippen LogP contribution in [0.3, 0.4) is 0 Å². The largest absolute Gasteiger partial charge is 0.497 e. The van der Waals surface area contributed by atoms with Gasteiger partial charge >= 0.3 is 0 Å². The van der Waals surface area contributed by atoms with E-state index in [0.717, 1.165) is 44.0 Å². The summed E-state index contributed by atoms with van der Waals surface area (Å²) in [6.07, 6.45) is 2.19. The average Bonchev–Trinajstić information content (AvgIpc) is 2.42. The van der Waals surface area contributed by atoms with Gasteiger partial charge in [0.25, 0.3) is 0 Å². The molecule has 1 N–H and O–H groups in total. The van der Waals surface area contributed by atoms with Crippen LogP contribution in [0.4, 0.5) is 0 Å². The van der Waals surface area contributed by atoms with Crippen LogP contribution in [0.1, 0.15) is 24.4 Å². The van der Waals surface area contributed by atoms with Gasteiger partial charge in [-0.05, 0) is 39.7 Å².